The Morgan fingerprint density at radius 2 is 1.76 bits per heavy atom. The monoisotopic (exact) mass is 531 g/mol. The second kappa shape index (κ2) is 11.2. The van der Waals surface area contributed by atoms with Crippen LogP contribution in [-0.4, -0.2) is 71.0 Å². The van der Waals surface area contributed by atoms with Crippen molar-refractivity contribution in [3.8, 4) is 10.6 Å². The Bertz CT molecular complexity index is 1340. The van der Waals surface area contributed by atoms with Crippen molar-refractivity contribution >= 4 is 23.0 Å². The number of aliphatic hydroxyl groups excluding tert-OH is 1. The van der Waals surface area contributed by atoms with Crippen molar-refractivity contribution in [2.45, 2.75) is 32.7 Å². The van der Waals surface area contributed by atoms with Gasteiger partial charge < -0.3 is 14.7 Å². The van der Waals surface area contributed by atoms with Crippen LogP contribution in [0.4, 0.5) is 0 Å². The number of morpholine rings is 1. The Hall–Kier alpha value is -3.33. The molecule has 0 radical (unpaired) electrons. The maximum absolute atomic E-state index is 14.0. The van der Waals surface area contributed by atoms with Crippen molar-refractivity contribution < 1.29 is 19.4 Å². The van der Waals surface area contributed by atoms with Gasteiger partial charge in [-0.2, -0.15) is 0 Å². The van der Waals surface area contributed by atoms with Gasteiger partial charge in [0.2, 0.25) is 5.78 Å². The summed E-state index contributed by atoms with van der Waals surface area (Å²) in [5.74, 6) is -0.971. The van der Waals surface area contributed by atoms with Crippen molar-refractivity contribution in [3.05, 3.63) is 87.6 Å². The molecule has 38 heavy (non-hydrogen) atoms. The van der Waals surface area contributed by atoms with Gasteiger partial charge >= 0.3 is 0 Å². The van der Waals surface area contributed by atoms with E-state index in [2.05, 4.69) is 23.7 Å². The van der Waals surface area contributed by atoms with Crippen LogP contribution in [0.1, 0.15) is 52.3 Å². The van der Waals surface area contributed by atoms with Crippen LogP contribution >= 0.6 is 11.3 Å². The highest BCUT2D eigenvalue weighted by molar-refractivity contribution is 7.17. The van der Waals surface area contributed by atoms with Gasteiger partial charge in [-0.1, -0.05) is 68.4 Å². The molecule has 1 fully saturated rings. The number of aryl methyl sites for hydroxylation is 1. The Balaban J connectivity index is 1.50. The summed E-state index contributed by atoms with van der Waals surface area (Å²) in [7, 11) is 0. The molecule has 3 heterocycles. The predicted molar refractivity (Wildman–Crippen MR) is 149 cm³/mol. The maximum atomic E-state index is 14.0. The fourth-order valence-corrected chi connectivity index (χ4v) is 6.06. The first-order valence-corrected chi connectivity index (χ1v) is 13.9. The van der Waals surface area contributed by atoms with Gasteiger partial charge in [-0.05, 0) is 24.0 Å². The number of aliphatic hydroxyl groups is 1. The second-order valence-electron chi connectivity index (χ2n) is 10.1. The zero-order valence-electron chi connectivity index (χ0n) is 22.0. The molecular weight excluding hydrogens is 498 g/mol. The van der Waals surface area contributed by atoms with Crippen LogP contribution in [0, 0.1) is 6.92 Å². The van der Waals surface area contributed by atoms with Gasteiger partial charge in [-0.15, -0.1) is 11.3 Å². The quantitative estimate of drug-likeness (QED) is 0.405. The third-order valence-corrected chi connectivity index (χ3v) is 8.46. The molecule has 1 atom stereocenters. The lowest BCUT2D eigenvalue weighted by molar-refractivity contribution is -0.129. The molecule has 2 aliphatic heterocycles. The van der Waals surface area contributed by atoms with E-state index < -0.39 is 17.7 Å². The highest BCUT2D eigenvalue weighted by atomic mass is 32.1. The molecule has 5 rings (SSSR count). The fraction of sp³-hybridized carbons (Fsp3) is 0.367. The average Bonchev–Trinajstić information content (AvgIpc) is 3.45. The molecule has 1 saturated heterocycles. The Morgan fingerprint density at radius 3 is 2.42 bits per heavy atom. The Morgan fingerprint density at radius 1 is 1.08 bits per heavy atom. The molecule has 7 nitrogen and oxygen atoms in total. The van der Waals surface area contributed by atoms with E-state index >= 15 is 0 Å². The number of ketones is 1. The van der Waals surface area contributed by atoms with Crippen LogP contribution in [-0.2, 0) is 9.53 Å². The Kier molecular flexibility index (Phi) is 7.74. The van der Waals surface area contributed by atoms with Gasteiger partial charge in [0.15, 0.2) is 5.76 Å². The zero-order valence-corrected chi connectivity index (χ0v) is 22.8. The summed E-state index contributed by atoms with van der Waals surface area (Å²) >= 11 is 1.29. The highest BCUT2D eigenvalue weighted by Gasteiger charge is 2.44. The molecule has 0 saturated carbocycles. The Labute approximate surface area is 227 Å². The first-order valence-electron chi connectivity index (χ1n) is 13.1. The van der Waals surface area contributed by atoms with Crippen LogP contribution in [0.25, 0.3) is 10.6 Å². The van der Waals surface area contributed by atoms with Crippen LogP contribution in [0.3, 0.4) is 0 Å². The SMILES string of the molecule is Cc1nc(-c2ccccc2)sc1C(=O)C1=C(O)C(=O)N(CCN2CCOCC2)C1c1ccc(C(C)C)cc1. The van der Waals surface area contributed by atoms with Gasteiger partial charge in [0, 0.05) is 31.7 Å². The summed E-state index contributed by atoms with van der Waals surface area (Å²) in [5, 5.41) is 11.8. The third kappa shape index (κ3) is 5.16. The molecule has 2 aromatic carbocycles. The summed E-state index contributed by atoms with van der Waals surface area (Å²) in [5.41, 5.74) is 3.62. The van der Waals surface area contributed by atoms with E-state index in [1.807, 2.05) is 54.6 Å². The number of ether oxygens (including phenoxy) is 1. The van der Waals surface area contributed by atoms with E-state index in [1.54, 1.807) is 11.8 Å². The molecule has 0 spiro atoms. The second-order valence-corrected chi connectivity index (χ2v) is 11.1. The lowest BCUT2D eigenvalue weighted by Gasteiger charge is -2.31. The predicted octanol–water partition coefficient (Wildman–Crippen LogP) is 5.15. The number of benzene rings is 2. The van der Waals surface area contributed by atoms with Gasteiger partial charge in [0.25, 0.3) is 5.91 Å². The number of hydrogen-bond acceptors (Lipinski definition) is 7. The summed E-state index contributed by atoms with van der Waals surface area (Å²) in [6, 6.07) is 17.0. The van der Waals surface area contributed by atoms with Gasteiger partial charge in [0.05, 0.1) is 35.4 Å². The van der Waals surface area contributed by atoms with Crippen molar-refractivity contribution in [1.82, 2.24) is 14.8 Å². The van der Waals surface area contributed by atoms with E-state index in [1.165, 1.54) is 16.9 Å². The lowest BCUT2D eigenvalue weighted by Crippen LogP contribution is -2.43. The molecule has 1 N–H and O–H groups in total. The smallest absolute Gasteiger partial charge is 0.290 e. The number of rotatable bonds is 8. The summed E-state index contributed by atoms with van der Waals surface area (Å²) in [6.45, 7) is 10.0. The van der Waals surface area contributed by atoms with E-state index in [4.69, 9.17) is 4.74 Å². The van der Waals surface area contributed by atoms with Crippen molar-refractivity contribution in [2.24, 2.45) is 0 Å². The number of hydrogen-bond donors (Lipinski definition) is 1. The maximum Gasteiger partial charge on any atom is 0.290 e. The zero-order chi connectivity index (χ0) is 26.8. The van der Waals surface area contributed by atoms with Crippen molar-refractivity contribution in [3.63, 3.8) is 0 Å². The molecule has 0 aliphatic carbocycles. The van der Waals surface area contributed by atoms with Crippen LogP contribution in [0.5, 0.6) is 0 Å². The summed E-state index contributed by atoms with van der Waals surface area (Å²) in [6.07, 6.45) is 0. The van der Waals surface area contributed by atoms with E-state index in [0.717, 1.165) is 29.2 Å². The number of amides is 1. The highest BCUT2D eigenvalue weighted by Crippen LogP contribution is 2.41. The standard InChI is InChI=1S/C30H33N3O4S/c1-19(2)21-9-11-22(12-10-21)25-24(27(35)30(36)33(25)14-13-32-15-17-37-18-16-32)26(34)28-20(3)31-29(38-28)23-7-5-4-6-8-23/h4-12,19,25,35H,13-18H2,1-3H3. The van der Waals surface area contributed by atoms with Crippen LogP contribution in [0.2, 0.25) is 0 Å². The van der Waals surface area contributed by atoms with Gasteiger partial charge in [0.1, 0.15) is 5.01 Å². The topological polar surface area (TPSA) is 83.0 Å². The molecule has 1 amide bonds. The van der Waals surface area contributed by atoms with Crippen LogP contribution in [0.15, 0.2) is 65.9 Å². The van der Waals surface area contributed by atoms with Gasteiger partial charge in [-0.25, -0.2) is 4.98 Å². The number of Topliss-reactive ketones (excluding diaryl/α,β-unsaturated/α-hetero) is 1. The molecule has 1 aromatic heterocycles. The summed E-state index contributed by atoms with van der Waals surface area (Å²) < 4.78 is 5.45. The summed E-state index contributed by atoms with van der Waals surface area (Å²) in [4.78, 5) is 36.4. The molecule has 1 unspecified atom stereocenters. The number of thiazole rings is 1. The fourth-order valence-electron chi connectivity index (χ4n) is 5.03. The van der Waals surface area contributed by atoms with Crippen molar-refractivity contribution in [1.29, 1.82) is 0 Å². The van der Waals surface area contributed by atoms with E-state index in [9.17, 15) is 14.7 Å². The van der Waals surface area contributed by atoms with Crippen LogP contribution < -0.4 is 0 Å². The minimum absolute atomic E-state index is 0.126. The minimum Gasteiger partial charge on any atom is -0.503 e. The average molecular weight is 532 g/mol. The van der Waals surface area contributed by atoms with E-state index in [-0.39, 0.29) is 11.4 Å². The number of aromatic nitrogens is 1. The number of nitrogens with zero attached hydrogens (tertiary/aromatic N) is 3. The normalized spacial score (nSPS) is 18.6. The first-order chi connectivity index (χ1) is 18.3. The molecule has 198 valence electrons. The van der Waals surface area contributed by atoms with E-state index in [0.29, 0.717) is 42.8 Å². The molecular formula is C30H33N3O4S. The van der Waals surface area contributed by atoms with Gasteiger partial charge in [-0.3, -0.25) is 14.5 Å². The molecule has 2 aliphatic rings. The molecule has 3 aromatic rings. The lowest BCUT2D eigenvalue weighted by atomic mass is 9.93. The van der Waals surface area contributed by atoms with Crippen molar-refractivity contribution in [2.75, 3.05) is 39.4 Å². The molecule has 8 heteroatoms. The number of carbonyl (C=O) groups excluding carboxylic acids is 2. The molecule has 0 bridgehead atoms. The minimum atomic E-state index is -0.668. The third-order valence-electron chi connectivity index (χ3n) is 7.25. The first kappa shape index (κ1) is 26.3. The number of carbonyl (C=O) groups is 2. The largest absolute Gasteiger partial charge is 0.503 e.